The van der Waals surface area contributed by atoms with Gasteiger partial charge in [-0.3, -0.25) is 9.97 Å². The molecule has 1 radical (unpaired) electrons. The summed E-state index contributed by atoms with van der Waals surface area (Å²) in [6, 6.07) is 43.5. The van der Waals surface area contributed by atoms with Crippen molar-refractivity contribution in [1.82, 2.24) is 19.5 Å². The minimum absolute atomic E-state index is 0. The molecule has 8 aromatic rings. The SMILES string of the molecule is Cc1cc2c(nc(-c3[c-]ccc4c3oc3cc([Si](C)(C)C)ccc34)n2-c2ccccc2)c(C)n1.[Ir].[c-]1ccccc1-c1ccccn1. The first-order chi connectivity index (χ1) is 22.3. The summed E-state index contributed by atoms with van der Waals surface area (Å²) in [7, 11) is -1.46. The van der Waals surface area contributed by atoms with Crippen LogP contribution >= 0.6 is 0 Å². The molecule has 0 atom stereocenters. The van der Waals surface area contributed by atoms with Crippen LogP contribution in [0.4, 0.5) is 0 Å². The molecule has 0 aliphatic heterocycles. The zero-order valence-corrected chi connectivity index (χ0v) is 30.4. The van der Waals surface area contributed by atoms with E-state index < -0.39 is 8.07 Å². The molecule has 0 bridgehead atoms. The van der Waals surface area contributed by atoms with Gasteiger partial charge in [-0.25, -0.2) is 0 Å². The number of hydrogen-bond acceptors (Lipinski definition) is 4. The van der Waals surface area contributed by atoms with Gasteiger partial charge in [0.25, 0.3) is 0 Å². The van der Waals surface area contributed by atoms with E-state index >= 15 is 0 Å². The summed E-state index contributed by atoms with van der Waals surface area (Å²) < 4.78 is 8.73. The minimum Gasteiger partial charge on any atom is -0.501 e. The Kier molecular flexibility index (Phi) is 9.06. The van der Waals surface area contributed by atoms with Crippen LogP contribution in [0.25, 0.3) is 61.3 Å². The maximum absolute atomic E-state index is 6.54. The number of furan rings is 1. The molecule has 235 valence electrons. The van der Waals surface area contributed by atoms with Crippen LogP contribution in [0.2, 0.25) is 19.6 Å². The molecule has 8 rings (SSSR count). The molecule has 0 N–H and O–H groups in total. The third-order valence-electron chi connectivity index (χ3n) is 8.13. The first kappa shape index (κ1) is 32.3. The number of aromatic nitrogens is 4. The molecule has 0 aliphatic rings. The molecule has 0 spiro atoms. The van der Waals surface area contributed by atoms with Crippen molar-refractivity contribution in [2.75, 3.05) is 0 Å². The number of hydrogen-bond donors (Lipinski definition) is 0. The second kappa shape index (κ2) is 13.2. The summed E-state index contributed by atoms with van der Waals surface area (Å²) in [4.78, 5) is 14.0. The Bertz CT molecular complexity index is 2270. The molecule has 0 unspecified atom stereocenters. The predicted octanol–water partition coefficient (Wildman–Crippen LogP) is 9.50. The zero-order valence-electron chi connectivity index (χ0n) is 27.0. The molecular weight excluding hydrogens is 773 g/mol. The van der Waals surface area contributed by atoms with E-state index in [-0.39, 0.29) is 20.1 Å². The average Bonchev–Trinajstić information content (AvgIpc) is 3.64. The fourth-order valence-corrected chi connectivity index (χ4v) is 6.98. The quantitative estimate of drug-likeness (QED) is 0.131. The van der Waals surface area contributed by atoms with E-state index in [4.69, 9.17) is 9.40 Å². The monoisotopic (exact) mass is 807 g/mol. The van der Waals surface area contributed by atoms with Crippen LogP contribution in [0.15, 0.2) is 120 Å². The van der Waals surface area contributed by atoms with Crippen molar-refractivity contribution in [2.24, 2.45) is 0 Å². The first-order valence-corrected chi connectivity index (χ1v) is 19.0. The van der Waals surface area contributed by atoms with Gasteiger partial charge in [0.1, 0.15) is 5.58 Å². The molecule has 0 fully saturated rings. The van der Waals surface area contributed by atoms with Crippen molar-refractivity contribution in [3.05, 3.63) is 139 Å². The first-order valence-electron chi connectivity index (χ1n) is 15.5. The molecule has 0 saturated heterocycles. The van der Waals surface area contributed by atoms with Crippen molar-refractivity contribution in [1.29, 1.82) is 0 Å². The van der Waals surface area contributed by atoms with Gasteiger partial charge in [0.15, 0.2) is 0 Å². The summed E-state index contributed by atoms with van der Waals surface area (Å²) in [6.45, 7) is 11.1. The Morgan fingerprint density at radius 1 is 0.745 bits per heavy atom. The van der Waals surface area contributed by atoms with Crippen LogP contribution in [-0.4, -0.2) is 27.6 Å². The zero-order chi connectivity index (χ0) is 31.8. The maximum Gasteiger partial charge on any atom is 0.120 e. The fourth-order valence-electron chi connectivity index (χ4n) is 5.84. The standard InChI is InChI=1S/C29H26N3OSi.C11H8N.Ir/c1-18-16-25-27(19(2)30-18)31-29(32(25)20-10-7-6-8-11-20)24-13-9-12-23-22-15-14-21(34(3,4)5)17-26(22)33-28(23)24;1-2-6-10(7-3-1)11-8-4-5-9-12-11;/h6-12,14-17H,1-5H3;1-6,8-9H;/q2*-1;. The third-order valence-corrected chi connectivity index (χ3v) is 10.2. The van der Waals surface area contributed by atoms with Crippen molar-refractivity contribution < 1.29 is 24.5 Å². The summed E-state index contributed by atoms with van der Waals surface area (Å²) in [6.07, 6.45) is 1.79. The number of rotatable bonds is 4. The van der Waals surface area contributed by atoms with E-state index in [2.05, 4.69) is 101 Å². The normalized spacial score (nSPS) is 11.3. The molecule has 0 saturated carbocycles. The minimum atomic E-state index is -1.46. The van der Waals surface area contributed by atoms with Crippen molar-refractivity contribution in [3.8, 4) is 28.3 Å². The topological polar surface area (TPSA) is 56.7 Å². The molecule has 7 heteroatoms. The number of pyridine rings is 2. The molecule has 4 heterocycles. The van der Waals surface area contributed by atoms with Crippen LogP contribution in [-0.2, 0) is 20.1 Å². The van der Waals surface area contributed by atoms with Crippen LogP contribution in [0.5, 0.6) is 0 Å². The van der Waals surface area contributed by atoms with Gasteiger partial charge in [0, 0.05) is 43.1 Å². The van der Waals surface area contributed by atoms with Gasteiger partial charge in [0.05, 0.1) is 36.2 Å². The number of para-hydroxylation sites is 1. The van der Waals surface area contributed by atoms with Gasteiger partial charge in [-0.2, -0.15) is 0 Å². The van der Waals surface area contributed by atoms with Gasteiger partial charge in [-0.1, -0.05) is 78.2 Å². The summed E-state index contributed by atoms with van der Waals surface area (Å²) in [5, 5.41) is 3.60. The van der Waals surface area contributed by atoms with E-state index in [1.807, 2.05) is 68.4 Å². The Balaban J connectivity index is 0.000000250. The number of aryl methyl sites for hydroxylation is 2. The number of nitrogens with zero attached hydrogens (tertiary/aromatic N) is 4. The third kappa shape index (κ3) is 6.35. The molecule has 4 aromatic carbocycles. The smallest absolute Gasteiger partial charge is 0.120 e. The van der Waals surface area contributed by atoms with Gasteiger partial charge in [-0.15, -0.1) is 54.1 Å². The van der Waals surface area contributed by atoms with Crippen LogP contribution in [0.3, 0.4) is 0 Å². The molecule has 4 aromatic heterocycles. The second-order valence-electron chi connectivity index (χ2n) is 12.5. The number of benzene rings is 4. The van der Waals surface area contributed by atoms with E-state index in [1.165, 1.54) is 5.19 Å². The summed E-state index contributed by atoms with van der Waals surface area (Å²) in [5.41, 5.74) is 9.48. The second-order valence-corrected chi connectivity index (χ2v) is 17.6. The van der Waals surface area contributed by atoms with Crippen molar-refractivity contribution in [3.63, 3.8) is 0 Å². The summed E-state index contributed by atoms with van der Waals surface area (Å²) >= 11 is 0. The van der Waals surface area contributed by atoms with E-state index in [1.54, 1.807) is 6.20 Å². The Hall–Kier alpha value is -4.68. The average molecular weight is 807 g/mol. The Morgan fingerprint density at radius 2 is 1.53 bits per heavy atom. The molecular formula is C40H34IrN4OSi-2. The number of fused-ring (bicyclic) bond motifs is 4. The van der Waals surface area contributed by atoms with Gasteiger partial charge in [0.2, 0.25) is 0 Å². The van der Waals surface area contributed by atoms with Crippen LogP contribution in [0, 0.1) is 26.0 Å². The van der Waals surface area contributed by atoms with Crippen LogP contribution in [0.1, 0.15) is 11.4 Å². The van der Waals surface area contributed by atoms with Gasteiger partial charge >= 0.3 is 0 Å². The maximum atomic E-state index is 6.54. The molecule has 0 amide bonds. The Labute approximate surface area is 289 Å². The van der Waals surface area contributed by atoms with Gasteiger partial charge < -0.3 is 14.0 Å². The van der Waals surface area contributed by atoms with Gasteiger partial charge in [-0.05, 0) is 49.9 Å². The fraction of sp³-hybridized carbons (Fsp3) is 0.125. The number of imidazole rings is 1. The predicted molar refractivity (Wildman–Crippen MR) is 191 cm³/mol. The van der Waals surface area contributed by atoms with Crippen LogP contribution < -0.4 is 5.19 Å². The van der Waals surface area contributed by atoms with Crippen molar-refractivity contribution >= 4 is 46.2 Å². The Morgan fingerprint density at radius 3 is 2.26 bits per heavy atom. The van der Waals surface area contributed by atoms with E-state index in [0.29, 0.717) is 0 Å². The largest absolute Gasteiger partial charge is 0.501 e. The molecule has 0 aliphatic carbocycles. The molecule has 47 heavy (non-hydrogen) atoms. The van der Waals surface area contributed by atoms with E-state index in [9.17, 15) is 0 Å². The molecule has 5 nitrogen and oxygen atoms in total. The van der Waals surface area contributed by atoms with Crippen molar-refractivity contribution in [2.45, 2.75) is 33.5 Å². The van der Waals surface area contributed by atoms with E-state index in [0.717, 1.165) is 72.7 Å². The summed E-state index contributed by atoms with van der Waals surface area (Å²) in [5.74, 6) is 0.812.